The standard InChI is InChI=1S/C18H22N2O2/c1-13(2)22-18(21)15-8-9-17(16(19)12-15)20-11-10-14-6-4-3-5-7-14/h3-9,12-13,20H,10-11,19H2,1-2H3. The summed E-state index contributed by atoms with van der Waals surface area (Å²) in [6.07, 6.45) is 0.773. The molecule has 4 heteroatoms. The van der Waals surface area contributed by atoms with Crippen molar-refractivity contribution >= 4 is 17.3 Å². The Balaban J connectivity index is 1.94. The molecule has 0 aliphatic heterocycles. The van der Waals surface area contributed by atoms with Crippen LogP contribution in [0.3, 0.4) is 0 Å². The maximum atomic E-state index is 11.8. The average Bonchev–Trinajstić information content (AvgIpc) is 2.49. The third-order valence-corrected chi connectivity index (χ3v) is 3.20. The van der Waals surface area contributed by atoms with E-state index in [0.717, 1.165) is 18.7 Å². The SMILES string of the molecule is CC(C)OC(=O)c1ccc(NCCc2ccccc2)c(N)c1. The van der Waals surface area contributed by atoms with Gasteiger partial charge in [-0.1, -0.05) is 30.3 Å². The van der Waals surface area contributed by atoms with Gasteiger partial charge in [-0.05, 0) is 44.0 Å². The smallest absolute Gasteiger partial charge is 0.338 e. The number of nitrogens with one attached hydrogen (secondary N) is 1. The molecule has 0 radical (unpaired) electrons. The molecule has 2 aromatic carbocycles. The summed E-state index contributed by atoms with van der Waals surface area (Å²) in [6, 6.07) is 15.4. The molecule has 0 aliphatic rings. The van der Waals surface area contributed by atoms with Crippen LogP contribution in [0.25, 0.3) is 0 Å². The van der Waals surface area contributed by atoms with E-state index >= 15 is 0 Å². The molecule has 0 spiro atoms. The molecule has 0 saturated carbocycles. The minimum Gasteiger partial charge on any atom is -0.459 e. The lowest BCUT2D eigenvalue weighted by molar-refractivity contribution is 0.0378. The molecule has 2 rings (SSSR count). The van der Waals surface area contributed by atoms with E-state index in [2.05, 4.69) is 17.4 Å². The molecule has 2 aromatic rings. The summed E-state index contributed by atoms with van der Waals surface area (Å²) in [5.41, 5.74) is 9.12. The van der Waals surface area contributed by atoms with Crippen molar-refractivity contribution in [1.82, 2.24) is 0 Å². The van der Waals surface area contributed by atoms with E-state index in [4.69, 9.17) is 10.5 Å². The van der Waals surface area contributed by atoms with Crippen molar-refractivity contribution in [3.8, 4) is 0 Å². The van der Waals surface area contributed by atoms with Crippen LogP contribution in [0.2, 0.25) is 0 Å². The Labute approximate surface area is 131 Å². The molecule has 0 heterocycles. The van der Waals surface area contributed by atoms with Crippen LogP contribution in [0, 0.1) is 0 Å². The van der Waals surface area contributed by atoms with E-state index in [-0.39, 0.29) is 12.1 Å². The lowest BCUT2D eigenvalue weighted by Gasteiger charge is -2.12. The number of esters is 1. The van der Waals surface area contributed by atoms with Gasteiger partial charge in [-0.3, -0.25) is 0 Å². The molecule has 116 valence electrons. The lowest BCUT2D eigenvalue weighted by atomic mass is 10.1. The predicted octanol–water partition coefficient (Wildman–Crippen LogP) is 3.49. The largest absolute Gasteiger partial charge is 0.459 e. The fraction of sp³-hybridized carbons (Fsp3) is 0.278. The second kappa shape index (κ2) is 7.50. The number of nitrogens with two attached hydrogens (primary N) is 1. The first-order chi connectivity index (χ1) is 10.6. The van der Waals surface area contributed by atoms with E-state index in [1.165, 1.54) is 5.56 Å². The summed E-state index contributed by atoms with van der Waals surface area (Å²) in [6.45, 7) is 4.42. The number of benzene rings is 2. The van der Waals surface area contributed by atoms with Gasteiger partial charge < -0.3 is 15.8 Å². The Bertz CT molecular complexity index is 624. The maximum Gasteiger partial charge on any atom is 0.338 e. The van der Waals surface area contributed by atoms with Gasteiger partial charge in [0.15, 0.2) is 0 Å². The van der Waals surface area contributed by atoms with Gasteiger partial charge in [-0.25, -0.2) is 4.79 Å². The second-order valence-corrected chi connectivity index (χ2v) is 5.42. The van der Waals surface area contributed by atoms with Gasteiger partial charge in [0.05, 0.1) is 23.0 Å². The van der Waals surface area contributed by atoms with Crippen LogP contribution in [0.5, 0.6) is 0 Å². The third kappa shape index (κ3) is 4.52. The number of carbonyl (C=O) groups excluding carboxylic acids is 1. The molecule has 0 fully saturated rings. The summed E-state index contributed by atoms with van der Waals surface area (Å²) in [5.74, 6) is -0.350. The summed E-state index contributed by atoms with van der Waals surface area (Å²) in [7, 11) is 0. The van der Waals surface area contributed by atoms with E-state index in [0.29, 0.717) is 11.3 Å². The van der Waals surface area contributed by atoms with Crippen LogP contribution < -0.4 is 11.1 Å². The van der Waals surface area contributed by atoms with Crippen LogP contribution in [-0.4, -0.2) is 18.6 Å². The van der Waals surface area contributed by atoms with E-state index < -0.39 is 0 Å². The molecule has 22 heavy (non-hydrogen) atoms. The zero-order chi connectivity index (χ0) is 15.9. The quantitative estimate of drug-likeness (QED) is 0.633. The summed E-state index contributed by atoms with van der Waals surface area (Å²) >= 11 is 0. The van der Waals surface area contributed by atoms with Crippen molar-refractivity contribution in [2.45, 2.75) is 26.4 Å². The summed E-state index contributed by atoms with van der Waals surface area (Å²) < 4.78 is 5.16. The Hall–Kier alpha value is -2.49. The van der Waals surface area contributed by atoms with E-state index in [1.54, 1.807) is 12.1 Å². The number of hydrogen-bond acceptors (Lipinski definition) is 4. The first-order valence-electron chi connectivity index (χ1n) is 7.44. The number of ether oxygens (including phenoxy) is 1. The lowest BCUT2D eigenvalue weighted by Crippen LogP contribution is -2.12. The number of carbonyl (C=O) groups is 1. The molecule has 0 aromatic heterocycles. The molecule has 0 bridgehead atoms. The molecule has 0 amide bonds. The summed E-state index contributed by atoms with van der Waals surface area (Å²) in [4.78, 5) is 11.8. The molecule has 0 atom stereocenters. The van der Waals surface area contributed by atoms with Crippen LogP contribution >= 0.6 is 0 Å². The molecule has 3 N–H and O–H groups in total. The first kappa shape index (κ1) is 15.9. The van der Waals surface area contributed by atoms with Gasteiger partial charge in [0, 0.05) is 6.54 Å². The Kier molecular flexibility index (Phi) is 5.42. The highest BCUT2D eigenvalue weighted by atomic mass is 16.5. The zero-order valence-corrected chi connectivity index (χ0v) is 13.0. The van der Waals surface area contributed by atoms with Gasteiger partial charge in [0.2, 0.25) is 0 Å². The summed E-state index contributed by atoms with van der Waals surface area (Å²) in [5, 5.41) is 3.29. The minimum absolute atomic E-state index is 0.141. The van der Waals surface area contributed by atoms with E-state index in [1.807, 2.05) is 38.1 Å². The minimum atomic E-state index is -0.350. The second-order valence-electron chi connectivity index (χ2n) is 5.42. The number of anilines is 2. The predicted molar refractivity (Wildman–Crippen MR) is 90.0 cm³/mol. The Morgan fingerprint density at radius 3 is 2.55 bits per heavy atom. The maximum absolute atomic E-state index is 11.8. The topological polar surface area (TPSA) is 64.3 Å². The van der Waals surface area contributed by atoms with Crippen molar-refractivity contribution in [1.29, 1.82) is 0 Å². The van der Waals surface area contributed by atoms with Crippen LogP contribution in [0.4, 0.5) is 11.4 Å². The molecular formula is C18H22N2O2. The van der Waals surface area contributed by atoms with Crippen LogP contribution in [0.15, 0.2) is 48.5 Å². The normalized spacial score (nSPS) is 10.5. The van der Waals surface area contributed by atoms with Gasteiger partial charge in [-0.15, -0.1) is 0 Å². The van der Waals surface area contributed by atoms with Crippen LogP contribution in [-0.2, 0) is 11.2 Å². The van der Waals surface area contributed by atoms with Crippen molar-refractivity contribution in [2.75, 3.05) is 17.6 Å². The molecule has 0 saturated heterocycles. The van der Waals surface area contributed by atoms with Crippen molar-refractivity contribution < 1.29 is 9.53 Å². The Morgan fingerprint density at radius 1 is 1.18 bits per heavy atom. The highest BCUT2D eigenvalue weighted by Gasteiger charge is 2.10. The average molecular weight is 298 g/mol. The third-order valence-electron chi connectivity index (χ3n) is 3.20. The highest BCUT2D eigenvalue weighted by Crippen LogP contribution is 2.20. The van der Waals surface area contributed by atoms with E-state index in [9.17, 15) is 4.79 Å². The first-order valence-corrected chi connectivity index (χ1v) is 7.44. The molecular weight excluding hydrogens is 276 g/mol. The van der Waals surface area contributed by atoms with Crippen LogP contribution in [0.1, 0.15) is 29.8 Å². The number of nitrogen functional groups attached to an aromatic ring is 1. The van der Waals surface area contributed by atoms with Gasteiger partial charge in [0.25, 0.3) is 0 Å². The molecule has 0 unspecified atom stereocenters. The number of hydrogen-bond donors (Lipinski definition) is 2. The van der Waals surface area contributed by atoms with Gasteiger partial charge >= 0.3 is 5.97 Å². The number of rotatable bonds is 6. The molecule has 4 nitrogen and oxygen atoms in total. The van der Waals surface area contributed by atoms with Crippen molar-refractivity contribution in [3.05, 3.63) is 59.7 Å². The van der Waals surface area contributed by atoms with Gasteiger partial charge in [0.1, 0.15) is 0 Å². The highest BCUT2D eigenvalue weighted by molar-refractivity contribution is 5.92. The van der Waals surface area contributed by atoms with Crippen molar-refractivity contribution in [2.24, 2.45) is 0 Å². The van der Waals surface area contributed by atoms with Crippen molar-refractivity contribution in [3.63, 3.8) is 0 Å². The monoisotopic (exact) mass is 298 g/mol. The zero-order valence-electron chi connectivity index (χ0n) is 13.0. The fourth-order valence-electron chi connectivity index (χ4n) is 2.12. The van der Waals surface area contributed by atoms with Gasteiger partial charge in [-0.2, -0.15) is 0 Å². The fourth-order valence-corrected chi connectivity index (χ4v) is 2.12. The molecule has 0 aliphatic carbocycles. The Morgan fingerprint density at radius 2 is 1.91 bits per heavy atom.